The molecule has 176 valence electrons. The first-order valence-electron chi connectivity index (χ1n) is 11.1. The van der Waals surface area contributed by atoms with Gasteiger partial charge in [0.1, 0.15) is 0 Å². The van der Waals surface area contributed by atoms with Gasteiger partial charge in [-0.05, 0) is 29.5 Å². The van der Waals surface area contributed by atoms with E-state index in [2.05, 4.69) is 52.0 Å². The molecule has 1 unspecified atom stereocenters. The molecular formula is C25H36IN3O3. The lowest BCUT2D eigenvalue weighted by molar-refractivity contribution is 0.0888. The number of guanidine groups is 1. The van der Waals surface area contributed by atoms with Crippen molar-refractivity contribution in [2.45, 2.75) is 32.6 Å². The van der Waals surface area contributed by atoms with E-state index < -0.39 is 0 Å². The van der Waals surface area contributed by atoms with Gasteiger partial charge in [0.2, 0.25) is 0 Å². The highest BCUT2D eigenvalue weighted by Gasteiger charge is 2.15. The van der Waals surface area contributed by atoms with Crippen molar-refractivity contribution in [3.05, 3.63) is 71.3 Å². The van der Waals surface area contributed by atoms with Crippen molar-refractivity contribution < 1.29 is 14.2 Å². The fourth-order valence-corrected chi connectivity index (χ4v) is 3.37. The Bertz CT molecular complexity index is 766. The molecule has 7 heteroatoms. The third-order valence-electron chi connectivity index (χ3n) is 5.22. The maximum Gasteiger partial charge on any atom is 0.191 e. The molecule has 0 spiro atoms. The molecule has 0 amide bonds. The zero-order valence-corrected chi connectivity index (χ0v) is 21.3. The molecule has 2 aromatic rings. The minimum absolute atomic E-state index is 0. The molecule has 0 aromatic heterocycles. The monoisotopic (exact) mass is 553 g/mol. The van der Waals surface area contributed by atoms with Crippen molar-refractivity contribution in [3.8, 4) is 0 Å². The Labute approximate surface area is 209 Å². The molecule has 32 heavy (non-hydrogen) atoms. The topological polar surface area (TPSA) is 64.1 Å². The highest BCUT2D eigenvalue weighted by atomic mass is 127. The molecule has 6 nitrogen and oxygen atoms in total. The molecule has 1 saturated heterocycles. The summed E-state index contributed by atoms with van der Waals surface area (Å²) in [5, 5.41) is 6.69. The van der Waals surface area contributed by atoms with Crippen LogP contribution in [0.15, 0.2) is 59.6 Å². The molecule has 1 atom stereocenters. The number of rotatable bonds is 12. The Morgan fingerprint density at radius 2 is 1.69 bits per heavy atom. The van der Waals surface area contributed by atoms with Crippen molar-refractivity contribution in [2.75, 3.05) is 40.0 Å². The lowest BCUT2D eigenvalue weighted by Gasteiger charge is -2.13. The summed E-state index contributed by atoms with van der Waals surface area (Å²) in [6.45, 7) is 6.09. The van der Waals surface area contributed by atoms with E-state index in [4.69, 9.17) is 14.2 Å². The molecule has 2 N–H and O–H groups in total. The quantitative estimate of drug-likeness (QED) is 0.179. The Morgan fingerprint density at radius 3 is 2.38 bits per heavy atom. The molecule has 1 heterocycles. The van der Waals surface area contributed by atoms with Crippen LogP contribution in [0.3, 0.4) is 0 Å². The summed E-state index contributed by atoms with van der Waals surface area (Å²) in [5.41, 5.74) is 3.57. The van der Waals surface area contributed by atoms with Crippen molar-refractivity contribution in [1.29, 1.82) is 0 Å². The summed E-state index contributed by atoms with van der Waals surface area (Å²) in [6, 6.07) is 18.7. The Morgan fingerprint density at radius 1 is 0.969 bits per heavy atom. The Balaban J connectivity index is 0.00000363. The second-order valence-electron chi connectivity index (χ2n) is 7.81. The van der Waals surface area contributed by atoms with Gasteiger partial charge < -0.3 is 24.8 Å². The number of nitrogens with one attached hydrogen (secondary N) is 2. The zero-order chi connectivity index (χ0) is 21.6. The van der Waals surface area contributed by atoms with Crippen molar-refractivity contribution in [1.82, 2.24) is 10.6 Å². The van der Waals surface area contributed by atoms with E-state index >= 15 is 0 Å². The normalized spacial score (nSPS) is 15.9. The summed E-state index contributed by atoms with van der Waals surface area (Å²) in [5.74, 6) is 1.38. The number of ether oxygens (including phenoxy) is 3. The van der Waals surface area contributed by atoms with Crippen molar-refractivity contribution in [3.63, 3.8) is 0 Å². The van der Waals surface area contributed by atoms with Crippen LogP contribution in [0.4, 0.5) is 0 Å². The van der Waals surface area contributed by atoms with Crippen LogP contribution in [0.5, 0.6) is 0 Å². The lowest BCUT2D eigenvalue weighted by atomic mass is 10.1. The Kier molecular flexibility index (Phi) is 13.3. The van der Waals surface area contributed by atoms with Crippen LogP contribution in [0.1, 0.15) is 29.5 Å². The van der Waals surface area contributed by atoms with Gasteiger partial charge in [-0.15, -0.1) is 24.0 Å². The van der Waals surface area contributed by atoms with Gasteiger partial charge in [0.05, 0.1) is 26.4 Å². The van der Waals surface area contributed by atoms with Gasteiger partial charge in [-0.2, -0.15) is 0 Å². The maximum absolute atomic E-state index is 5.80. The predicted molar refractivity (Wildman–Crippen MR) is 139 cm³/mol. The molecule has 2 aromatic carbocycles. The zero-order valence-electron chi connectivity index (χ0n) is 18.9. The summed E-state index contributed by atoms with van der Waals surface area (Å²) >= 11 is 0. The summed E-state index contributed by atoms with van der Waals surface area (Å²) in [7, 11) is 1.79. The van der Waals surface area contributed by atoms with E-state index in [1.54, 1.807) is 7.05 Å². The summed E-state index contributed by atoms with van der Waals surface area (Å²) in [6.07, 6.45) is 2.07. The standard InChI is InChI=1S/C25H35N3O3.HI/c1-26-25(27-13-5-14-29-19-24-12-15-30-20-24)28-16-21-8-10-23(11-9-21)18-31-17-22-6-3-2-4-7-22;/h2-4,6-11,24H,5,12-20H2,1H3,(H2,26,27,28);1H. The van der Waals surface area contributed by atoms with Gasteiger partial charge in [-0.25, -0.2) is 0 Å². The summed E-state index contributed by atoms with van der Waals surface area (Å²) < 4.78 is 16.9. The molecule has 0 saturated carbocycles. The lowest BCUT2D eigenvalue weighted by Crippen LogP contribution is -2.37. The molecule has 1 aliphatic rings. The number of benzene rings is 2. The van der Waals surface area contributed by atoms with E-state index in [-0.39, 0.29) is 24.0 Å². The van der Waals surface area contributed by atoms with Crippen LogP contribution in [0, 0.1) is 5.92 Å². The molecule has 0 bridgehead atoms. The minimum atomic E-state index is 0. The molecular weight excluding hydrogens is 517 g/mol. The molecule has 0 aliphatic carbocycles. The maximum atomic E-state index is 5.80. The second-order valence-corrected chi connectivity index (χ2v) is 7.81. The fraction of sp³-hybridized carbons (Fsp3) is 0.480. The second kappa shape index (κ2) is 16.0. The SMILES string of the molecule is CN=C(NCCCOCC1CCOC1)NCc1ccc(COCc2ccccc2)cc1.I. The predicted octanol–water partition coefficient (Wildman–Crippen LogP) is 4.13. The first kappa shape index (κ1) is 26.6. The van der Waals surface area contributed by atoms with Crippen molar-refractivity contribution >= 4 is 29.9 Å². The number of aliphatic imine (C=N–C) groups is 1. The first-order valence-corrected chi connectivity index (χ1v) is 11.1. The molecule has 1 aliphatic heterocycles. The van der Waals surface area contributed by atoms with E-state index in [9.17, 15) is 0 Å². The van der Waals surface area contributed by atoms with Crippen LogP contribution in [0.2, 0.25) is 0 Å². The fourth-order valence-electron chi connectivity index (χ4n) is 3.37. The third-order valence-corrected chi connectivity index (χ3v) is 5.22. The number of nitrogens with zero attached hydrogens (tertiary/aromatic N) is 1. The number of hydrogen-bond donors (Lipinski definition) is 2. The van der Waals surface area contributed by atoms with E-state index in [1.165, 1.54) is 16.7 Å². The summed E-state index contributed by atoms with van der Waals surface area (Å²) in [4.78, 5) is 4.29. The first-order chi connectivity index (χ1) is 15.3. The van der Waals surface area contributed by atoms with Crippen molar-refractivity contribution in [2.24, 2.45) is 10.9 Å². The van der Waals surface area contributed by atoms with Crippen LogP contribution in [-0.2, 0) is 34.0 Å². The van der Waals surface area contributed by atoms with Crippen LogP contribution >= 0.6 is 24.0 Å². The van der Waals surface area contributed by atoms with Crippen LogP contribution in [-0.4, -0.2) is 46.0 Å². The van der Waals surface area contributed by atoms with E-state index in [1.807, 2.05) is 18.2 Å². The third kappa shape index (κ3) is 10.3. The number of hydrogen-bond acceptors (Lipinski definition) is 4. The largest absolute Gasteiger partial charge is 0.381 e. The highest BCUT2D eigenvalue weighted by molar-refractivity contribution is 14.0. The van der Waals surface area contributed by atoms with Gasteiger partial charge in [-0.1, -0.05) is 54.6 Å². The highest BCUT2D eigenvalue weighted by Crippen LogP contribution is 2.12. The molecule has 3 rings (SSSR count). The smallest absolute Gasteiger partial charge is 0.191 e. The Hall–Kier alpha value is -1.68. The van der Waals surface area contributed by atoms with Gasteiger partial charge in [0, 0.05) is 39.3 Å². The van der Waals surface area contributed by atoms with E-state index in [0.717, 1.165) is 58.3 Å². The van der Waals surface area contributed by atoms with Crippen LogP contribution in [0.25, 0.3) is 0 Å². The van der Waals surface area contributed by atoms with Gasteiger partial charge in [-0.3, -0.25) is 4.99 Å². The van der Waals surface area contributed by atoms with Gasteiger partial charge in [0.15, 0.2) is 5.96 Å². The molecule has 0 radical (unpaired) electrons. The average molecular weight is 553 g/mol. The van der Waals surface area contributed by atoms with E-state index in [0.29, 0.717) is 19.1 Å². The minimum Gasteiger partial charge on any atom is -0.381 e. The van der Waals surface area contributed by atoms with Gasteiger partial charge in [0.25, 0.3) is 0 Å². The number of halogens is 1. The average Bonchev–Trinajstić information content (AvgIpc) is 3.33. The van der Waals surface area contributed by atoms with Crippen LogP contribution < -0.4 is 10.6 Å². The molecule has 1 fully saturated rings. The van der Waals surface area contributed by atoms with Gasteiger partial charge >= 0.3 is 0 Å².